The van der Waals surface area contributed by atoms with Crippen molar-refractivity contribution in [3.8, 4) is 11.1 Å². The van der Waals surface area contributed by atoms with Crippen molar-refractivity contribution in [3.05, 3.63) is 194 Å². The van der Waals surface area contributed by atoms with Gasteiger partial charge in [-0.05, 0) is 82.2 Å². The first-order valence-electron chi connectivity index (χ1n) is 16.1. The van der Waals surface area contributed by atoms with Gasteiger partial charge in [-0.1, -0.05) is 133 Å². The van der Waals surface area contributed by atoms with Gasteiger partial charge in [-0.3, -0.25) is 0 Å². The third kappa shape index (κ3) is 7.98. The Morgan fingerprint density at radius 2 is 0.540 bits per heavy atom. The third-order valence-corrected chi connectivity index (χ3v) is 14.4. The molecule has 0 nitrogen and oxygen atoms in total. The van der Waals surface area contributed by atoms with E-state index in [1.165, 1.54) is 64.5 Å². The molecule has 0 aliphatic rings. The molecule has 0 aliphatic heterocycles. The van der Waals surface area contributed by atoms with Crippen LogP contribution in [0.4, 0.5) is 0 Å². The van der Waals surface area contributed by atoms with Gasteiger partial charge in [-0.15, -0.1) is 0 Å². The summed E-state index contributed by atoms with van der Waals surface area (Å²) in [4.78, 5) is 0. The Kier molecular flexibility index (Phi) is 13.8. The van der Waals surface area contributed by atoms with Crippen molar-refractivity contribution in [2.24, 2.45) is 0 Å². The molecule has 50 heavy (non-hydrogen) atoms. The Hall–Kier alpha value is -2.80. The number of fused-ring (bicyclic) bond motifs is 2. The molecule has 8 rings (SSSR count). The topological polar surface area (TPSA) is 0 Å². The normalized spacial score (nSPS) is 10.8. The van der Waals surface area contributed by atoms with E-state index in [0.717, 1.165) is 0 Å². The SMILES string of the molecule is [Cl][Au].[Cl][Au].c1ccc([PH+](c2ccccc2)c2ccc3ccccc3c2-c2c([PH+](c3ccccc3)c3ccccc3)ccc3ccccc23)cc1. The molecule has 0 radical (unpaired) electrons. The van der Waals surface area contributed by atoms with Crippen LogP contribution in [0, 0.1) is 0 Å². The van der Waals surface area contributed by atoms with Gasteiger partial charge in [0.15, 0.2) is 0 Å². The van der Waals surface area contributed by atoms with Crippen molar-refractivity contribution >= 4 is 87.6 Å². The molecule has 0 aliphatic carbocycles. The van der Waals surface area contributed by atoms with Gasteiger partial charge < -0.3 is 0 Å². The van der Waals surface area contributed by atoms with E-state index in [0.29, 0.717) is 0 Å². The van der Waals surface area contributed by atoms with E-state index in [4.69, 9.17) is 0 Å². The van der Waals surface area contributed by atoms with Gasteiger partial charge >= 0.3 is 58.4 Å². The second-order valence-electron chi connectivity index (χ2n) is 11.6. The number of hydrogen-bond acceptors (Lipinski definition) is 0. The molecule has 8 aromatic carbocycles. The van der Waals surface area contributed by atoms with E-state index < -0.39 is 15.8 Å². The van der Waals surface area contributed by atoms with E-state index in [-0.39, 0.29) is 0 Å². The van der Waals surface area contributed by atoms with Crippen LogP contribution >= 0.6 is 34.2 Å². The first-order valence-corrected chi connectivity index (χ1v) is 24.5. The van der Waals surface area contributed by atoms with E-state index in [9.17, 15) is 0 Å². The van der Waals surface area contributed by atoms with Gasteiger partial charge in [-0.25, -0.2) is 0 Å². The summed E-state index contributed by atoms with van der Waals surface area (Å²) < 4.78 is 0. The smallest absolute Gasteiger partial charge is 0.0620 e. The summed E-state index contributed by atoms with van der Waals surface area (Å²) >= 11 is 3.50. The van der Waals surface area contributed by atoms with E-state index >= 15 is 0 Å². The van der Waals surface area contributed by atoms with Gasteiger partial charge in [0.05, 0.1) is 15.8 Å². The predicted octanol–water partition coefficient (Wildman–Crippen LogP) is 10.0. The average molecular weight is 1090 g/mol. The van der Waals surface area contributed by atoms with Crippen molar-refractivity contribution in [3.63, 3.8) is 0 Å². The molecule has 0 heterocycles. The molecule has 0 amide bonds. The third-order valence-electron chi connectivity index (χ3n) is 8.90. The summed E-state index contributed by atoms with van der Waals surface area (Å²) in [6.45, 7) is 0. The first-order chi connectivity index (χ1) is 24.9. The largest absolute Gasteiger partial charge is 0.111 e. The first kappa shape index (κ1) is 37.0. The second kappa shape index (κ2) is 18.6. The zero-order valence-electron chi connectivity index (χ0n) is 26.8. The van der Waals surface area contributed by atoms with Crippen molar-refractivity contribution < 1.29 is 40.0 Å². The van der Waals surface area contributed by atoms with Gasteiger partial charge in [-0.2, -0.15) is 0 Å². The molecule has 254 valence electrons. The zero-order chi connectivity index (χ0) is 34.7. The Bertz CT molecular complexity index is 2030. The minimum absolute atomic E-state index is 1.27. The molecule has 0 aromatic heterocycles. The molecule has 0 atom stereocenters. The standard InChI is InChI=1S/C44H32P2.2Au.2ClH/c1-5-19-35(20-6-1)45(36-21-7-2-8-22-36)41-31-29-33-17-13-15-27-39(33)43(41)44-40-28-16-14-18-34(40)30-32-42(44)46(37-23-9-3-10-24-37)38-25-11-4-12-26-38;;;;/h1-32H;;;2*1H/q;2*+1;;. The summed E-state index contributed by atoms with van der Waals surface area (Å²) in [5, 5.41) is 13.6. The Balaban J connectivity index is 0.00000104. The Morgan fingerprint density at radius 1 is 0.280 bits per heavy atom. The van der Waals surface area contributed by atoms with Gasteiger partial charge in [0.25, 0.3) is 0 Å². The number of halogens is 2. The number of rotatable bonds is 7. The molecule has 0 saturated carbocycles. The van der Waals surface area contributed by atoms with Crippen LogP contribution in [-0.2, 0) is 40.0 Å². The van der Waals surface area contributed by atoms with Crippen LogP contribution in [0.25, 0.3) is 32.7 Å². The van der Waals surface area contributed by atoms with Gasteiger partial charge in [0.2, 0.25) is 0 Å². The van der Waals surface area contributed by atoms with Crippen molar-refractivity contribution in [1.29, 1.82) is 0 Å². The summed E-state index contributed by atoms with van der Waals surface area (Å²) in [6.07, 6.45) is 0. The molecule has 0 N–H and O–H groups in total. The molecular weight excluding hydrogens is 1060 g/mol. The number of hydrogen-bond donors (Lipinski definition) is 0. The zero-order valence-corrected chi connectivity index (χ0v) is 34.7. The van der Waals surface area contributed by atoms with Crippen LogP contribution in [0.5, 0.6) is 0 Å². The summed E-state index contributed by atoms with van der Waals surface area (Å²) in [5.41, 5.74) is 2.75. The fraction of sp³-hybridized carbons (Fsp3) is 0. The maximum absolute atomic E-state index is 4.58. The predicted molar refractivity (Wildman–Crippen MR) is 219 cm³/mol. The maximum atomic E-state index is 4.58. The molecule has 0 saturated heterocycles. The fourth-order valence-electron chi connectivity index (χ4n) is 6.87. The molecule has 0 bridgehead atoms. The van der Waals surface area contributed by atoms with Crippen molar-refractivity contribution in [2.45, 2.75) is 0 Å². The van der Waals surface area contributed by atoms with E-state index in [2.05, 4.69) is 213 Å². The molecule has 0 unspecified atom stereocenters. The van der Waals surface area contributed by atoms with Crippen LogP contribution in [0.2, 0.25) is 0 Å². The van der Waals surface area contributed by atoms with Crippen molar-refractivity contribution in [1.82, 2.24) is 0 Å². The molecule has 8 aromatic rings. The second-order valence-corrected chi connectivity index (χ2v) is 16.5. The average Bonchev–Trinajstić information content (AvgIpc) is 3.21. The summed E-state index contributed by atoms with van der Waals surface area (Å²) in [5.74, 6) is 0. The van der Waals surface area contributed by atoms with Crippen LogP contribution in [0.1, 0.15) is 0 Å². The molecule has 0 fully saturated rings. The number of benzene rings is 8. The Morgan fingerprint density at radius 3 is 0.840 bits per heavy atom. The minimum atomic E-state index is -1.37. The van der Waals surface area contributed by atoms with Crippen LogP contribution in [0.15, 0.2) is 194 Å². The monoisotopic (exact) mass is 1090 g/mol. The van der Waals surface area contributed by atoms with Gasteiger partial charge in [0.1, 0.15) is 31.8 Å². The van der Waals surface area contributed by atoms with Crippen LogP contribution in [0.3, 0.4) is 0 Å². The minimum Gasteiger partial charge on any atom is -0.0620 e. The molecular formula is C44H34Au2Cl2P2+2. The molecule has 0 spiro atoms. The summed E-state index contributed by atoms with van der Waals surface area (Å²) in [6, 6.07) is 72.2. The van der Waals surface area contributed by atoms with Crippen molar-refractivity contribution in [2.75, 3.05) is 0 Å². The van der Waals surface area contributed by atoms with Gasteiger partial charge in [0, 0.05) is 11.1 Å². The summed E-state index contributed by atoms with van der Waals surface area (Å²) in [7, 11) is 6.42. The maximum Gasteiger partial charge on any atom is 0.111 e. The van der Waals surface area contributed by atoms with Crippen LogP contribution < -0.4 is 31.8 Å². The van der Waals surface area contributed by atoms with Crippen LogP contribution in [-0.4, -0.2) is 0 Å². The Labute approximate surface area is 329 Å². The van der Waals surface area contributed by atoms with E-state index in [1.807, 2.05) is 0 Å². The fourth-order valence-corrected chi connectivity index (χ4v) is 12.4. The molecule has 6 heteroatoms. The quantitative estimate of drug-likeness (QED) is 0.110. The van der Waals surface area contributed by atoms with E-state index in [1.54, 1.807) is 40.0 Å².